The highest BCUT2D eigenvalue weighted by atomic mass is 16.4. The molecular formula is C14H26N2O3. The molecule has 0 aromatic rings. The van der Waals surface area contributed by atoms with Crippen LogP contribution in [0.5, 0.6) is 0 Å². The van der Waals surface area contributed by atoms with Crippen molar-refractivity contribution in [1.29, 1.82) is 0 Å². The Hall–Kier alpha value is -1.10. The summed E-state index contributed by atoms with van der Waals surface area (Å²) in [6.07, 6.45) is 5.65. The number of carboxylic acid groups (broad SMARTS) is 1. The van der Waals surface area contributed by atoms with Gasteiger partial charge in [-0.25, -0.2) is 0 Å². The van der Waals surface area contributed by atoms with Gasteiger partial charge in [-0.05, 0) is 26.2 Å². The second-order valence-electron chi connectivity index (χ2n) is 5.65. The van der Waals surface area contributed by atoms with Crippen LogP contribution in [0.25, 0.3) is 0 Å². The molecular weight excluding hydrogens is 244 g/mol. The Morgan fingerprint density at radius 3 is 2.42 bits per heavy atom. The van der Waals surface area contributed by atoms with E-state index in [1.807, 2.05) is 6.92 Å². The predicted molar refractivity (Wildman–Crippen MR) is 74.0 cm³/mol. The predicted octanol–water partition coefficient (Wildman–Crippen LogP) is 1.67. The van der Waals surface area contributed by atoms with Gasteiger partial charge in [-0.1, -0.05) is 26.2 Å². The summed E-state index contributed by atoms with van der Waals surface area (Å²) in [5.41, 5.74) is -0.529. The van der Waals surface area contributed by atoms with Gasteiger partial charge in [0.2, 0.25) is 5.91 Å². The highest BCUT2D eigenvalue weighted by Crippen LogP contribution is 2.31. The molecule has 0 saturated heterocycles. The Morgan fingerprint density at radius 2 is 1.89 bits per heavy atom. The third kappa shape index (κ3) is 5.59. The number of amides is 1. The lowest BCUT2D eigenvalue weighted by molar-refractivity contribution is -0.139. The van der Waals surface area contributed by atoms with Crippen molar-refractivity contribution in [3.8, 4) is 0 Å². The fraction of sp³-hybridized carbons (Fsp3) is 0.857. The number of nitrogens with one attached hydrogen (secondary N) is 2. The van der Waals surface area contributed by atoms with E-state index in [2.05, 4.69) is 17.6 Å². The molecule has 19 heavy (non-hydrogen) atoms. The number of aliphatic carboxylic acids is 1. The van der Waals surface area contributed by atoms with E-state index in [1.165, 1.54) is 0 Å². The molecule has 1 aliphatic carbocycles. The maximum absolute atomic E-state index is 12.0. The van der Waals surface area contributed by atoms with E-state index >= 15 is 0 Å². The molecule has 5 heteroatoms. The molecule has 1 atom stereocenters. The molecule has 1 fully saturated rings. The summed E-state index contributed by atoms with van der Waals surface area (Å²) in [4.78, 5) is 23.0. The molecule has 1 rings (SSSR count). The molecule has 3 N–H and O–H groups in total. The van der Waals surface area contributed by atoms with Crippen molar-refractivity contribution in [2.75, 3.05) is 6.54 Å². The van der Waals surface area contributed by atoms with E-state index in [9.17, 15) is 9.59 Å². The molecule has 5 nitrogen and oxygen atoms in total. The first-order valence-corrected chi connectivity index (χ1v) is 7.23. The van der Waals surface area contributed by atoms with Crippen molar-refractivity contribution in [3.63, 3.8) is 0 Å². The van der Waals surface area contributed by atoms with Gasteiger partial charge in [0.25, 0.3) is 0 Å². The zero-order valence-electron chi connectivity index (χ0n) is 12.0. The number of rotatable bonds is 7. The van der Waals surface area contributed by atoms with Gasteiger partial charge in [-0.15, -0.1) is 0 Å². The average Bonchev–Trinajstić information content (AvgIpc) is 2.35. The molecule has 0 aromatic carbocycles. The molecule has 1 unspecified atom stereocenters. The van der Waals surface area contributed by atoms with Crippen molar-refractivity contribution in [3.05, 3.63) is 0 Å². The number of carbonyl (C=O) groups is 2. The summed E-state index contributed by atoms with van der Waals surface area (Å²) in [5, 5.41) is 15.1. The first-order valence-electron chi connectivity index (χ1n) is 7.23. The molecule has 1 saturated carbocycles. The van der Waals surface area contributed by atoms with E-state index in [4.69, 9.17) is 5.11 Å². The topological polar surface area (TPSA) is 78.4 Å². The summed E-state index contributed by atoms with van der Waals surface area (Å²) in [5.74, 6) is -0.930. The Balaban J connectivity index is 2.52. The fourth-order valence-electron chi connectivity index (χ4n) is 2.62. The maximum atomic E-state index is 12.0. The van der Waals surface area contributed by atoms with Crippen molar-refractivity contribution < 1.29 is 14.7 Å². The molecule has 0 spiro atoms. The van der Waals surface area contributed by atoms with E-state index in [0.717, 1.165) is 38.5 Å². The lowest BCUT2D eigenvalue weighted by atomic mass is 9.79. The highest BCUT2D eigenvalue weighted by Gasteiger charge is 2.35. The second kappa shape index (κ2) is 7.48. The smallest absolute Gasteiger partial charge is 0.305 e. The van der Waals surface area contributed by atoms with Gasteiger partial charge < -0.3 is 15.7 Å². The van der Waals surface area contributed by atoms with Crippen LogP contribution in [0.3, 0.4) is 0 Å². The molecule has 0 radical (unpaired) electrons. The molecule has 0 aromatic heterocycles. The average molecular weight is 270 g/mol. The SMILES string of the molecule is CCC(C)NCC(=O)NC1(CC(=O)O)CCCCC1. The quantitative estimate of drug-likeness (QED) is 0.657. The van der Waals surface area contributed by atoms with Crippen LogP contribution in [0, 0.1) is 0 Å². The van der Waals surface area contributed by atoms with Crippen molar-refractivity contribution in [2.45, 2.75) is 70.4 Å². The minimum absolute atomic E-state index is 0.0298. The van der Waals surface area contributed by atoms with E-state index in [1.54, 1.807) is 0 Å². The van der Waals surface area contributed by atoms with Gasteiger partial charge in [0.05, 0.1) is 18.5 Å². The van der Waals surface area contributed by atoms with Crippen LogP contribution < -0.4 is 10.6 Å². The second-order valence-corrected chi connectivity index (χ2v) is 5.65. The number of carbonyl (C=O) groups excluding carboxylic acids is 1. The van der Waals surface area contributed by atoms with Crippen LogP contribution in [0.1, 0.15) is 58.8 Å². The third-order valence-electron chi connectivity index (χ3n) is 3.93. The van der Waals surface area contributed by atoms with Crippen molar-refractivity contribution in [1.82, 2.24) is 10.6 Å². The zero-order valence-corrected chi connectivity index (χ0v) is 12.0. The van der Waals surface area contributed by atoms with Crippen LogP contribution in [-0.2, 0) is 9.59 Å². The summed E-state index contributed by atoms with van der Waals surface area (Å²) in [6.45, 7) is 4.35. The highest BCUT2D eigenvalue weighted by molar-refractivity contribution is 5.80. The number of hydrogen-bond acceptors (Lipinski definition) is 3. The third-order valence-corrected chi connectivity index (χ3v) is 3.93. The lowest BCUT2D eigenvalue weighted by Gasteiger charge is -2.37. The largest absolute Gasteiger partial charge is 0.481 e. The molecule has 1 amide bonds. The molecule has 1 aliphatic rings. The standard InChI is InChI=1S/C14H26N2O3/c1-3-11(2)15-10-12(17)16-14(9-13(18)19)7-5-4-6-8-14/h11,15H,3-10H2,1-2H3,(H,16,17)(H,18,19). The van der Waals surface area contributed by atoms with Gasteiger partial charge >= 0.3 is 5.97 Å². The van der Waals surface area contributed by atoms with Gasteiger partial charge in [0, 0.05) is 6.04 Å². The summed E-state index contributed by atoms with van der Waals surface area (Å²) >= 11 is 0. The van der Waals surface area contributed by atoms with Crippen LogP contribution in [0.15, 0.2) is 0 Å². The van der Waals surface area contributed by atoms with Crippen LogP contribution in [0.4, 0.5) is 0 Å². The first kappa shape index (κ1) is 16.0. The fourth-order valence-corrected chi connectivity index (χ4v) is 2.62. The summed E-state index contributed by atoms with van der Waals surface area (Å²) in [7, 11) is 0. The van der Waals surface area contributed by atoms with Crippen molar-refractivity contribution in [2.24, 2.45) is 0 Å². The van der Waals surface area contributed by atoms with Gasteiger partial charge in [-0.2, -0.15) is 0 Å². The van der Waals surface area contributed by atoms with Gasteiger partial charge in [0.1, 0.15) is 0 Å². The summed E-state index contributed by atoms with van der Waals surface area (Å²) < 4.78 is 0. The monoisotopic (exact) mass is 270 g/mol. The Morgan fingerprint density at radius 1 is 1.26 bits per heavy atom. The molecule has 0 heterocycles. The van der Waals surface area contributed by atoms with E-state index in [-0.39, 0.29) is 18.9 Å². The Kier molecular flexibility index (Phi) is 6.28. The minimum atomic E-state index is -0.836. The van der Waals surface area contributed by atoms with Crippen LogP contribution in [-0.4, -0.2) is 35.1 Å². The number of carboxylic acids is 1. The van der Waals surface area contributed by atoms with Crippen LogP contribution in [0.2, 0.25) is 0 Å². The van der Waals surface area contributed by atoms with Crippen molar-refractivity contribution >= 4 is 11.9 Å². The zero-order chi connectivity index (χ0) is 14.3. The minimum Gasteiger partial charge on any atom is -0.481 e. The number of hydrogen-bond donors (Lipinski definition) is 3. The normalized spacial score (nSPS) is 19.7. The van der Waals surface area contributed by atoms with Crippen LogP contribution >= 0.6 is 0 Å². The Bertz CT molecular complexity index is 312. The first-order chi connectivity index (χ1) is 8.97. The molecule has 0 aliphatic heterocycles. The van der Waals surface area contributed by atoms with Gasteiger partial charge in [0.15, 0.2) is 0 Å². The van der Waals surface area contributed by atoms with Gasteiger partial charge in [-0.3, -0.25) is 9.59 Å². The molecule has 110 valence electrons. The van der Waals surface area contributed by atoms with E-state index in [0.29, 0.717) is 6.04 Å². The lowest BCUT2D eigenvalue weighted by Crippen LogP contribution is -2.53. The molecule has 0 bridgehead atoms. The van der Waals surface area contributed by atoms with E-state index < -0.39 is 11.5 Å². The maximum Gasteiger partial charge on any atom is 0.305 e. The summed E-state index contributed by atoms with van der Waals surface area (Å²) in [6, 6.07) is 0.299. The Labute approximate surface area is 115 Å².